The van der Waals surface area contributed by atoms with Crippen molar-refractivity contribution in [3.63, 3.8) is 0 Å². The Bertz CT molecular complexity index is 1090. The summed E-state index contributed by atoms with van der Waals surface area (Å²) in [5.41, 5.74) is 7.86. The van der Waals surface area contributed by atoms with Gasteiger partial charge in [-0.25, -0.2) is 9.59 Å². The number of carboxylic acid groups (broad SMARTS) is 1. The van der Waals surface area contributed by atoms with Gasteiger partial charge in [0.15, 0.2) is 0 Å². The van der Waals surface area contributed by atoms with E-state index in [-0.39, 0.29) is 12.5 Å². The fraction of sp³-hybridized carbons (Fsp3) is 0.259. The molecule has 32 heavy (non-hydrogen) atoms. The van der Waals surface area contributed by atoms with Crippen LogP contribution in [0.1, 0.15) is 40.2 Å². The van der Waals surface area contributed by atoms with Crippen molar-refractivity contribution in [2.24, 2.45) is 0 Å². The highest BCUT2D eigenvalue weighted by Gasteiger charge is 2.29. The number of aliphatic carboxylic acids is 1. The van der Waals surface area contributed by atoms with Crippen molar-refractivity contribution in [1.82, 2.24) is 5.32 Å². The number of fused-ring (bicyclic) bond motifs is 3. The molecule has 2 N–H and O–H groups in total. The second-order valence-electron chi connectivity index (χ2n) is 8.40. The third-order valence-corrected chi connectivity index (χ3v) is 5.94. The smallest absolute Gasteiger partial charge is 0.407 e. The molecule has 0 unspecified atom stereocenters. The van der Waals surface area contributed by atoms with Gasteiger partial charge in [-0.15, -0.1) is 0 Å². The van der Waals surface area contributed by atoms with Crippen molar-refractivity contribution in [1.29, 1.82) is 0 Å². The second kappa shape index (κ2) is 9.27. The minimum atomic E-state index is -1.07. The Hall–Kier alpha value is -3.60. The molecule has 5 heteroatoms. The standard InChI is InChI=1S/C27H27NO4/c1-17-13-18(2)15-19(14-17)11-12-25(26(29)30)28-27(31)32-16-24-22-9-5-3-7-20(22)21-8-4-6-10-23(21)24/h3-10,13-15,24-25H,11-12,16H2,1-2H3,(H,28,31)(H,29,30)/t25-/m1/s1. The SMILES string of the molecule is Cc1cc(C)cc(CC[C@@H](NC(=O)OCC2c3ccccc3-c3ccccc32)C(=O)O)c1. The number of rotatable bonds is 7. The lowest BCUT2D eigenvalue weighted by atomic mass is 9.98. The van der Waals surface area contributed by atoms with Crippen molar-refractivity contribution in [3.05, 3.63) is 94.5 Å². The Labute approximate surface area is 188 Å². The van der Waals surface area contributed by atoms with Crippen LogP contribution in [0.3, 0.4) is 0 Å². The molecule has 4 rings (SSSR count). The lowest BCUT2D eigenvalue weighted by Gasteiger charge is -2.17. The lowest BCUT2D eigenvalue weighted by molar-refractivity contribution is -0.139. The maximum absolute atomic E-state index is 12.5. The number of benzene rings is 3. The van der Waals surface area contributed by atoms with E-state index in [1.165, 1.54) is 0 Å². The topological polar surface area (TPSA) is 75.6 Å². The summed E-state index contributed by atoms with van der Waals surface area (Å²) in [6.07, 6.45) is 0.144. The van der Waals surface area contributed by atoms with Crippen molar-refractivity contribution in [2.75, 3.05) is 6.61 Å². The molecule has 3 aromatic rings. The zero-order valence-corrected chi connectivity index (χ0v) is 18.3. The second-order valence-corrected chi connectivity index (χ2v) is 8.40. The highest BCUT2D eigenvalue weighted by atomic mass is 16.5. The molecule has 0 saturated heterocycles. The molecule has 1 amide bonds. The lowest BCUT2D eigenvalue weighted by Crippen LogP contribution is -2.41. The Morgan fingerprint density at radius 2 is 1.50 bits per heavy atom. The molecule has 0 fully saturated rings. The Balaban J connectivity index is 1.38. The van der Waals surface area contributed by atoms with Crippen LogP contribution in [0.15, 0.2) is 66.7 Å². The normalized spacial score (nSPS) is 13.2. The largest absolute Gasteiger partial charge is 0.480 e. The minimum Gasteiger partial charge on any atom is -0.480 e. The maximum atomic E-state index is 12.5. The average Bonchev–Trinajstić information content (AvgIpc) is 3.08. The molecule has 0 saturated carbocycles. The van der Waals surface area contributed by atoms with Crippen molar-refractivity contribution < 1.29 is 19.4 Å². The minimum absolute atomic E-state index is 0.0632. The maximum Gasteiger partial charge on any atom is 0.407 e. The summed E-state index contributed by atoms with van der Waals surface area (Å²) in [5.74, 6) is -1.13. The van der Waals surface area contributed by atoms with E-state index in [2.05, 4.69) is 23.5 Å². The number of carboxylic acids is 1. The van der Waals surface area contributed by atoms with E-state index < -0.39 is 18.1 Å². The van der Waals surface area contributed by atoms with E-state index in [0.717, 1.165) is 38.9 Å². The van der Waals surface area contributed by atoms with Gasteiger partial charge >= 0.3 is 12.1 Å². The number of ether oxygens (including phenoxy) is 1. The molecule has 1 aliphatic carbocycles. The van der Waals surface area contributed by atoms with Gasteiger partial charge in [0.1, 0.15) is 12.6 Å². The highest BCUT2D eigenvalue weighted by Crippen LogP contribution is 2.44. The van der Waals surface area contributed by atoms with Gasteiger partial charge < -0.3 is 15.2 Å². The van der Waals surface area contributed by atoms with Crippen molar-refractivity contribution in [3.8, 4) is 11.1 Å². The first kappa shape index (κ1) is 21.6. The summed E-state index contributed by atoms with van der Waals surface area (Å²) in [6, 6.07) is 21.3. The summed E-state index contributed by atoms with van der Waals surface area (Å²) in [4.78, 5) is 24.2. The van der Waals surface area contributed by atoms with Crippen LogP contribution in [-0.4, -0.2) is 29.8 Å². The van der Waals surface area contributed by atoms with Gasteiger partial charge in [0.05, 0.1) is 0 Å². The van der Waals surface area contributed by atoms with Crippen LogP contribution in [0.2, 0.25) is 0 Å². The first-order valence-corrected chi connectivity index (χ1v) is 10.8. The van der Waals surface area contributed by atoms with E-state index in [4.69, 9.17) is 4.74 Å². The van der Waals surface area contributed by atoms with Crippen LogP contribution in [0.5, 0.6) is 0 Å². The first-order chi connectivity index (χ1) is 15.4. The zero-order chi connectivity index (χ0) is 22.7. The molecule has 3 aromatic carbocycles. The molecule has 0 bridgehead atoms. The summed E-state index contributed by atoms with van der Waals surface area (Å²) >= 11 is 0. The quantitative estimate of drug-likeness (QED) is 0.539. The van der Waals surface area contributed by atoms with Crippen molar-refractivity contribution in [2.45, 2.75) is 38.6 Å². The van der Waals surface area contributed by atoms with E-state index in [1.807, 2.05) is 62.4 Å². The van der Waals surface area contributed by atoms with E-state index in [0.29, 0.717) is 12.8 Å². The third kappa shape index (κ3) is 4.67. The van der Waals surface area contributed by atoms with Gasteiger partial charge in [0.2, 0.25) is 0 Å². The molecular formula is C27H27NO4. The molecule has 0 aromatic heterocycles. The van der Waals surface area contributed by atoms with E-state index in [9.17, 15) is 14.7 Å². The van der Waals surface area contributed by atoms with Crippen molar-refractivity contribution >= 4 is 12.1 Å². The van der Waals surface area contributed by atoms with E-state index in [1.54, 1.807) is 0 Å². The molecule has 1 atom stereocenters. The fourth-order valence-electron chi connectivity index (χ4n) is 4.56. The first-order valence-electron chi connectivity index (χ1n) is 10.8. The molecule has 164 valence electrons. The number of aryl methyl sites for hydroxylation is 3. The summed E-state index contributed by atoms with van der Waals surface area (Å²) < 4.78 is 5.50. The van der Waals surface area contributed by atoms with Gasteiger partial charge in [-0.05, 0) is 54.5 Å². The number of carbonyl (C=O) groups excluding carboxylic acids is 1. The van der Waals surface area contributed by atoms with Gasteiger partial charge in [0.25, 0.3) is 0 Å². The highest BCUT2D eigenvalue weighted by molar-refractivity contribution is 5.81. The number of nitrogens with one attached hydrogen (secondary N) is 1. The molecule has 0 spiro atoms. The predicted molar refractivity (Wildman–Crippen MR) is 124 cm³/mol. The summed E-state index contributed by atoms with van der Waals surface area (Å²) in [5, 5.41) is 12.1. The summed E-state index contributed by atoms with van der Waals surface area (Å²) in [6.45, 7) is 4.18. The van der Waals surface area contributed by atoms with Crippen LogP contribution < -0.4 is 5.32 Å². The summed E-state index contributed by atoms with van der Waals surface area (Å²) in [7, 11) is 0. The van der Waals surface area contributed by atoms with Gasteiger partial charge in [-0.3, -0.25) is 0 Å². The Morgan fingerprint density at radius 3 is 2.06 bits per heavy atom. The monoisotopic (exact) mass is 429 g/mol. The molecule has 1 aliphatic rings. The van der Waals surface area contributed by atoms with Crippen LogP contribution in [0.25, 0.3) is 11.1 Å². The molecular weight excluding hydrogens is 402 g/mol. The van der Waals surface area contributed by atoms with Crippen LogP contribution in [0.4, 0.5) is 4.79 Å². The number of alkyl carbamates (subject to hydrolysis) is 1. The van der Waals surface area contributed by atoms with Crippen LogP contribution in [-0.2, 0) is 16.0 Å². The molecule has 0 heterocycles. The number of hydrogen-bond donors (Lipinski definition) is 2. The predicted octanol–water partition coefficient (Wildman–Crippen LogP) is 5.23. The number of hydrogen-bond acceptors (Lipinski definition) is 3. The van der Waals surface area contributed by atoms with Gasteiger partial charge in [-0.1, -0.05) is 77.9 Å². The van der Waals surface area contributed by atoms with Gasteiger partial charge in [0, 0.05) is 5.92 Å². The Morgan fingerprint density at radius 1 is 0.938 bits per heavy atom. The zero-order valence-electron chi connectivity index (χ0n) is 18.3. The number of amides is 1. The Kier molecular flexibility index (Phi) is 6.26. The third-order valence-electron chi connectivity index (χ3n) is 5.94. The van der Waals surface area contributed by atoms with E-state index >= 15 is 0 Å². The molecule has 0 radical (unpaired) electrons. The molecule has 5 nitrogen and oxygen atoms in total. The van der Waals surface area contributed by atoms with Crippen LogP contribution >= 0.6 is 0 Å². The average molecular weight is 430 g/mol. The molecule has 0 aliphatic heterocycles. The van der Waals surface area contributed by atoms with Gasteiger partial charge in [-0.2, -0.15) is 0 Å². The number of carbonyl (C=O) groups is 2. The fourth-order valence-corrected chi connectivity index (χ4v) is 4.56. The van der Waals surface area contributed by atoms with Crippen LogP contribution in [0, 0.1) is 13.8 Å².